The highest BCUT2D eigenvalue weighted by Gasteiger charge is 2.20. The van der Waals surface area contributed by atoms with Gasteiger partial charge in [0.1, 0.15) is 15.6 Å². The lowest BCUT2D eigenvalue weighted by Gasteiger charge is -2.16. The zero-order chi connectivity index (χ0) is 25.7. The van der Waals surface area contributed by atoms with Crippen LogP contribution in [0.25, 0.3) is 10.9 Å². The number of hydrogen-bond acceptors (Lipinski definition) is 6. The molecule has 1 aliphatic rings. The van der Waals surface area contributed by atoms with Crippen LogP contribution in [0.5, 0.6) is 5.75 Å². The minimum Gasteiger partial charge on any atom is -0.494 e. The van der Waals surface area contributed by atoms with Crippen molar-refractivity contribution in [3.05, 3.63) is 65.4 Å². The molecule has 1 fully saturated rings. The highest BCUT2D eigenvalue weighted by atomic mass is 32.2. The normalized spacial score (nSPS) is 14.5. The van der Waals surface area contributed by atoms with Gasteiger partial charge in [-0.2, -0.15) is 0 Å². The molecule has 0 radical (unpaired) electrons. The smallest absolute Gasteiger partial charge is 0.255 e. The molecule has 0 bridgehead atoms. The fourth-order valence-corrected chi connectivity index (χ4v) is 4.82. The number of carbonyl (C=O) groups excluding carboxylic acids is 1. The van der Waals surface area contributed by atoms with Crippen molar-refractivity contribution in [2.24, 2.45) is 5.92 Å². The Balaban J connectivity index is 1.36. The highest BCUT2D eigenvalue weighted by Crippen LogP contribution is 2.32. The van der Waals surface area contributed by atoms with Crippen LogP contribution in [0, 0.1) is 12.8 Å². The summed E-state index contributed by atoms with van der Waals surface area (Å²) in [5.41, 5.74) is 4.06. The first kappa shape index (κ1) is 26.1. The topological polar surface area (TPSA) is 97.4 Å². The van der Waals surface area contributed by atoms with E-state index in [1.807, 2.05) is 44.3 Å². The van der Waals surface area contributed by atoms with E-state index in [0.29, 0.717) is 18.5 Å². The Hall–Kier alpha value is -2.97. The molecule has 1 amide bonds. The molecule has 1 heterocycles. The molecule has 3 aromatic rings. The third kappa shape index (κ3) is 7.27. The summed E-state index contributed by atoms with van der Waals surface area (Å²) in [5, 5.41) is 7.35. The number of fused-ring (bicyclic) bond motifs is 1. The average molecular weight is 510 g/mol. The van der Waals surface area contributed by atoms with Crippen molar-refractivity contribution in [1.29, 1.82) is 0 Å². The molecule has 36 heavy (non-hydrogen) atoms. The Kier molecular flexibility index (Phi) is 8.26. The summed E-state index contributed by atoms with van der Waals surface area (Å²) in [6.45, 7) is 5.32. The van der Waals surface area contributed by atoms with Gasteiger partial charge >= 0.3 is 0 Å². The fraction of sp³-hybridized carbons (Fsp3) is 0.429. The van der Waals surface area contributed by atoms with Crippen LogP contribution in [-0.2, 0) is 9.84 Å². The molecule has 0 spiro atoms. The van der Waals surface area contributed by atoms with E-state index in [9.17, 15) is 13.2 Å². The molecular formula is C28H35N3O4S. The summed E-state index contributed by atoms with van der Waals surface area (Å²) in [5.74, 6) is 1.62. The third-order valence-electron chi connectivity index (χ3n) is 6.63. The van der Waals surface area contributed by atoms with E-state index in [4.69, 9.17) is 4.74 Å². The number of nitrogens with zero attached hydrogens (tertiary/aromatic N) is 1. The number of hydrogen-bond donors (Lipinski definition) is 2. The molecule has 4 rings (SSSR count). The Morgan fingerprint density at radius 1 is 1.17 bits per heavy atom. The first-order chi connectivity index (χ1) is 17.2. The average Bonchev–Trinajstić information content (AvgIpc) is 3.67. The van der Waals surface area contributed by atoms with Crippen molar-refractivity contribution < 1.29 is 17.9 Å². The van der Waals surface area contributed by atoms with Crippen LogP contribution in [0.2, 0.25) is 0 Å². The summed E-state index contributed by atoms with van der Waals surface area (Å²) in [6, 6.07) is 13.2. The number of nitrogens with one attached hydrogen (secondary N) is 2. The van der Waals surface area contributed by atoms with E-state index in [2.05, 4.69) is 21.7 Å². The van der Waals surface area contributed by atoms with Crippen LogP contribution < -0.4 is 15.4 Å². The summed E-state index contributed by atoms with van der Waals surface area (Å²) in [4.78, 5) is 17.5. The minimum absolute atomic E-state index is 0.0433. The van der Waals surface area contributed by atoms with Crippen molar-refractivity contribution in [3.8, 4) is 5.75 Å². The molecule has 1 saturated carbocycles. The summed E-state index contributed by atoms with van der Waals surface area (Å²) >= 11 is 0. The zero-order valence-corrected chi connectivity index (χ0v) is 22.0. The number of carbonyl (C=O) groups is 1. The lowest BCUT2D eigenvalue weighted by atomic mass is 10.0. The Labute approximate surface area is 213 Å². The van der Waals surface area contributed by atoms with E-state index in [1.165, 1.54) is 19.1 Å². The monoisotopic (exact) mass is 509 g/mol. The van der Waals surface area contributed by atoms with Gasteiger partial charge in [0.15, 0.2) is 0 Å². The van der Waals surface area contributed by atoms with Crippen LogP contribution in [0.15, 0.2) is 48.7 Å². The van der Waals surface area contributed by atoms with Gasteiger partial charge in [-0.25, -0.2) is 8.42 Å². The molecule has 1 aromatic heterocycles. The number of anilines is 1. The second kappa shape index (κ2) is 11.4. The van der Waals surface area contributed by atoms with Gasteiger partial charge in [-0.15, -0.1) is 0 Å². The minimum atomic E-state index is -2.95. The molecule has 2 aromatic carbocycles. The summed E-state index contributed by atoms with van der Waals surface area (Å²) in [6.07, 6.45) is 7.39. The second-order valence-corrected chi connectivity index (χ2v) is 12.1. The highest BCUT2D eigenvalue weighted by molar-refractivity contribution is 7.90. The van der Waals surface area contributed by atoms with Crippen LogP contribution in [0.4, 0.5) is 5.69 Å². The number of amides is 1. The van der Waals surface area contributed by atoms with Crippen LogP contribution in [0.3, 0.4) is 0 Å². The number of sulfone groups is 1. The molecule has 1 unspecified atom stereocenters. The maximum absolute atomic E-state index is 12.8. The quantitative estimate of drug-likeness (QED) is 0.331. The molecular weight excluding hydrogens is 474 g/mol. The van der Waals surface area contributed by atoms with Gasteiger partial charge in [0.2, 0.25) is 0 Å². The molecule has 2 N–H and O–H groups in total. The Morgan fingerprint density at radius 3 is 2.61 bits per heavy atom. The molecule has 7 nitrogen and oxygen atoms in total. The standard InChI is InChI=1S/C28H35N3O4S/c1-19-26(31-28(32)22-7-10-25(11-8-22)35-15-13-21-5-6-21)12-9-23-17-24(18-30-27(19)23)20(2)29-14-4-16-36(3,33)34/h7-12,17-18,20-21,29H,4-6,13-16H2,1-3H3,(H,31,32). The van der Waals surface area contributed by atoms with Crippen LogP contribution >= 0.6 is 0 Å². The number of benzene rings is 2. The van der Waals surface area contributed by atoms with Gasteiger partial charge in [0, 0.05) is 35.1 Å². The maximum Gasteiger partial charge on any atom is 0.255 e. The van der Waals surface area contributed by atoms with Gasteiger partial charge in [-0.05, 0) is 86.7 Å². The number of aromatic nitrogens is 1. The van der Waals surface area contributed by atoms with Crippen molar-refractivity contribution in [3.63, 3.8) is 0 Å². The van der Waals surface area contributed by atoms with Crippen molar-refractivity contribution in [1.82, 2.24) is 10.3 Å². The Bertz CT molecular complexity index is 1320. The van der Waals surface area contributed by atoms with Crippen LogP contribution in [0.1, 0.15) is 60.1 Å². The summed E-state index contributed by atoms with van der Waals surface area (Å²) < 4.78 is 28.4. The molecule has 0 saturated heterocycles. The van der Waals surface area contributed by atoms with E-state index < -0.39 is 9.84 Å². The van der Waals surface area contributed by atoms with Gasteiger partial charge in [0.25, 0.3) is 5.91 Å². The maximum atomic E-state index is 12.8. The largest absolute Gasteiger partial charge is 0.494 e. The van der Waals surface area contributed by atoms with Gasteiger partial charge in [0.05, 0.1) is 17.9 Å². The number of ether oxygens (including phenoxy) is 1. The fourth-order valence-electron chi connectivity index (χ4n) is 4.15. The predicted octanol–water partition coefficient (Wildman–Crippen LogP) is 5.06. The molecule has 1 aliphatic carbocycles. The Morgan fingerprint density at radius 2 is 1.92 bits per heavy atom. The van der Waals surface area contributed by atoms with Crippen molar-refractivity contribution >= 4 is 32.3 Å². The van der Waals surface area contributed by atoms with Gasteiger partial charge < -0.3 is 15.4 Å². The zero-order valence-electron chi connectivity index (χ0n) is 21.2. The molecule has 192 valence electrons. The van der Waals surface area contributed by atoms with Crippen molar-refractivity contribution in [2.45, 2.75) is 45.6 Å². The first-order valence-electron chi connectivity index (χ1n) is 12.5. The van der Waals surface area contributed by atoms with Gasteiger partial charge in [-0.3, -0.25) is 9.78 Å². The number of aryl methyl sites for hydroxylation is 1. The SMILES string of the molecule is Cc1c(NC(=O)c2ccc(OCCC3CC3)cc2)ccc2cc(C(C)NCCCS(C)(=O)=O)cnc12. The molecule has 8 heteroatoms. The second-order valence-electron chi connectivity index (χ2n) is 9.80. The lowest BCUT2D eigenvalue weighted by molar-refractivity contribution is 0.102. The van der Waals surface area contributed by atoms with Crippen LogP contribution in [-0.4, -0.2) is 44.5 Å². The number of pyridine rings is 1. The third-order valence-corrected chi connectivity index (χ3v) is 7.66. The van der Waals surface area contributed by atoms with Gasteiger partial charge in [-0.1, -0.05) is 18.9 Å². The van der Waals surface area contributed by atoms with E-state index in [0.717, 1.165) is 52.4 Å². The van der Waals surface area contributed by atoms with E-state index in [1.54, 1.807) is 12.1 Å². The molecule has 1 atom stereocenters. The predicted molar refractivity (Wildman–Crippen MR) is 144 cm³/mol. The van der Waals surface area contributed by atoms with E-state index in [-0.39, 0.29) is 17.7 Å². The number of rotatable bonds is 12. The van der Waals surface area contributed by atoms with Crippen molar-refractivity contribution in [2.75, 3.05) is 30.5 Å². The first-order valence-corrected chi connectivity index (χ1v) is 14.6. The molecule has 0 aliphatic heterocycles. The van der Waals surface area contributed by atoms with E-state index >= 15 is 0 Å². The lowest BCUT2D eigenvalue weighted by Crippen LogP contribution is -2.22. The summed E-state index contributed by atoms with van der Waals surface area (Å²) in [7, 11) is -2.95.